The van der Waals surface area contributed by atoms with Crippen molar-refractivity contribution in [1.82, 2.24) is 4.90 Å². The number of carbonyl (C=O) groups excluding carboxylic acids is 1. The van der Waals surface area contributed by atoms with Crippen molar-refractivity contribution in [3.05, 3.63) is 35.9 Å². The van der Waals surface area contributed by atoms with Gasteiger partial charge in [0.05, 0.1) is 12.5 Å². The molecule has 1 amide bonds. The van der Waals surface area contributed by atoms with Crippen LogP contribution in [0.25, 0.3) is 0 Å². The van der Waals surface area contributed by atoms with E-state index in [1.807, 2.05) is 30.3 Å². The van der Waals surface area contributed by atoms with Crippen molar-refractivity contribution in [2.45, 2.75) is 32.3 Å². The molecule has 1 aromatic rings. The maximum absolute atomic E-state index is 12.1. The molecule has 22 heavy (non-hydrogen) atoms. The van der Waals surface area contributed by atoms with Crippen LogP contribution in [-0.2, 0) is 20.9 Å². The van der Waals surface area contributed by atoms with Gasteiger partial charge in [0.15, 0.2) is 0 Å². The Hall–Kier alpha value is -1.88. The van der Waals surface area contributed by atoms with E-state index < -0.39 is 11.9 Å². The van der Waals surface area contributed by atoms with E-state index >= 15 is 0 Å². The molecule has 1 unspecified atom stereocenters. The Labute approximate surface area is 130 Å². The first-order valence-electron chi connectivity index (χ1n) is 7.79. The summed E-state index contributed by atoms with van der Waals surface area (Å²) in [5.41, 5.74) is 1.12. The molecule has 0 aromatic heterocycles. The fraction of sp³-hybridized carbons (Fsp3) is 0.529. The number of likely N-dealkylation sites (tertiary alicyclic amines) is 1. The van der Waals surface area contributed by atoms with Gasteiger partial charge in [0.2, 0.25) is 5.91 Å². The van der Waals surface area contributed by atoms with E-state index in [4.69, 9.17) is 9.84 Å². The summed E-state index contributed by atoms with van der Waals surface area (Å²) in [5.74, 6) is -1.18. The predicted octanol–water partition coefficient (Wildman–Crippen LogP) is 2.31. The summed E-state index contributed by atoms with van der Waals surface area (Å²) >= 11 is 0. The van der Waals surface area contributed by atoms with Gasteiger partial charge in [-0.15, -0.1) is 0 Å². The number of benzene rings is 1. The zero-order chi connectivity index (χ0) is 15.8. The van der Waals surface area contributed by atoms with Crippen molar-refractivity contribution in [1.29, 1.82) is 0 Å². The summed E-state index contributed by atoms with van der Waals surface area (Å²) in [4.78, 5) is 24.8. The van der Waals surface area contributed by atoms with Gasteiger partial charge in [-0.3, -0.25) is 9.59 Å². The lowest BCUT2D eigenvalue weighted by molar-refractivity contribution is -0.145. The molecule has 1 aromatic carbocycles. The first-order chi connectivity index (χ1) is 10.7. The highest BCUT2D eigenvalue weighted by Gasteiger charge is 2.27. The predicted molar refractivity (Wildman–Crippen MR) is 82.3 cm³/mol. The van der Waals surface area contributed by atoms with Gasteiger partial charge in [0.25, 0.3) is 0 Å². The van der Waals surface area contributed by atoms with Crippen molar-refractivity contribution in [2.24, 2.45) is 5.92 Å². The van der Waals surface area contributed by atoms with Crippen LogP contribution in [0.2, 0.25) is 0 Å². The molecule has 0 bridgehead atoms. The fourth-order valence-electron chi connectivity index (χ4n) is 2.65. The maximum atomic E-state index is 12.1. The highest BCUT2D eigenvalue weighted by Crippen LogP contribution is 2.17. The first-order valence-corrected chi connectivity index (χ1v) is 7.79. The molecule has 1 aliphatic heterocycles. The van der Waals surface area contributed by atoms with Crippen molar-refractivity contribution >= 4 is 11.9 Å². The molecule has 1 atom stereocenters. The minimum absolute atomic E-state index is 0.0364. The molecule has 1 aliphatic rings. The van der Waals surface area contributed by atoms with E-state index in [-0.39, 0.29) is 5.91 Å². The topological polar surface area (TPSA) is 66.8 Å². The molecule has 0 saturated carbocycles. The molecule has 0 radical (unpaired) electrons. The van der Waals surface area contributed by atoms with E-state index in [9.17, 15) is 9.59 Å². The number of nitrogens with zero attached hydrogens (tertiary/aromatic N) is 1. The van der Waals surface area contributed by atoms with E-state index in [1.54, 1.807) is 4.90 Å². The monoisotopic (exact) mass is 305 g/mol. The van der Waals surface area contributed by atoms with Crippen LogP contribution >= 0.6 is 0 Å². The molecule has 120 valence electrons. The van der Waals surface area contributed by atoms with Crippen LogP contribution in [0.5, 0.6) is 0 Å². The van der Waals surface area contributed by atoms with E-state index in [2.05, 4.69) is 0 Å². The lowest BCUT2D eigenvalue weighted by Gasteiger charge is -2.30. The molecular formula is C17H23NO4. The molecule has 1 heterocycles. The second-order valence-corrected chi connectivity index (χ2v) is 5.66. The quantitative estimate of drug-likeness (QED) is 0.785. The fourth-order valence-corrected chi connectivity index (χ4v) is 2.65. The Balaban J connectivity index is 1.62. The van der Waals surface area contributed by atoms with Crippen LogP contribution < -0.4 is 0 Å². The normalized spacial score (nSPS) is 18.2. The number of rotatable bonds is 7. The number of aliphatic carboxylic acids is 1. The molecule has 0 spiro atoms. The lowest BCUT2D eigenvalue weighted by atomic mass is 9.98. The zero-order valence-electron chi connectivity index (χ0n) is 12.7. The van der Waals surface area contributed by atoms with Crippen LogP contribution in [-0.4, -0.2) is 41.6 Å². The van der Waals surface area contributed by atoms with Gasteiger partial charge in [-0.05, 0) is 24.8 Å². The Bertz CT molecular complexity index is 489. The highest BCUT2D eigenvalue weighted by molar-refractivity contribution is 5.78. The van der Waals surface area contributed by atoms with Gasteiger partial charge in [-0.2, -0.15) is 0 Å². The van der Waals surface area contributed by atoms with E-state index in [1.165, 1.54) is 0 Å². The lowest BCUT2D eigenvalue weighted by Crippen LogP contribution is -2.42. The third-order valence-corrected chi connectivity index (χ3v) is 3.91. The van der Waals surface area contributed by atoms with E-state index in [0.29, 0.717) is 45.6 Å². The maximum Gasteiger partial charge on any atom is 0.308 e. The standard InChI is InChI=1S/C17H23NO4/c19-16(18-10-4-8-15(12-18)17(20)21)9-5-11-22-13-14-6-2-1-3-7-14/h1-3,6-7,15H,4-5,8-13H2,(H,20,21). The first kappa shape index (κ1) is 16.5. The Morgan fingerprint density at radius 2 is 2.05 bits per heavy atom. The zero-order valence-corrected chi connectivity index (χ0v) is 12.7. The number of carboxylic acids is 1. The number of hydrogen-bond donors (Lipinski definition) is 1. The Kier molecular flexibility index (Phi) is 6.40. The molecule has 1 N–H and O–H groups in total. The molecule has 0 aliphatic carbocycles. The molecule has 2 rings (SSSR count). The van der Waals surface area contributed by atoms with Crippen molar-refractivity contribution in [3.8, 4) is 0 Å². The van der Waals surface area contributed by atoms with Gasteiger partial charge >= 0.3 is 5.97 Å². The molecule has 5 nitrogen and oxygen atoms in total. The largest absolute Gasteiger partial charge is 0.481 e. The average molecular weight is 305 g/mol. The van der Waals surface area contributed by atoms with Crippen LogP contribution in [0.3, 0.4) is 0 Å². The minimum atomic E-state index is -0.802. The third-order valence-electron chi connectivity index (χ3n) is 3.91. The molecule has 1 fully saturated rings. The summed E-state index contributed by atoms with van der Waals surface area (Å²) < 4.78 is 5.55. The number of hydrogen-bond acceptors (Lipinski definition) is 3. The molecule has 5 heteroatoms. The van der Waals surface area contributed by atoms with Crippen LogP contribution in [0.1, 0.15) is 31.2 Å². The van der Waals surface area contributed by atoms with Crippen molar-refractivity contribution < 1.29 is 19.4 Å². The smallest absolute Gasteiger partial charge is 0.308 e. The van der Waals surface area contributed by atoms with Crippen LogP contribution in [0.15, 0.2) is 30.3 Å². The second kappa shape index (κ2) is 8.54. The molecule has 1 saturated heterocycles. The number of carboxylic acid groups (broad SMARTS) is 1. The summed E-state index contributed by atoms with van der Waals surface area (Å²) in [6.07, 6.45) is 2.52. The Morgan fingerprint density at radius 3 is 2.77 bits per heavy atom. The SMILES string of the molecule is O=C(O)C1CCCN(C(=O)CCCOCc2ccccc2)C1. The number of carbonyl (C=O) groups is 2. The summed E-state index contributed by atoms with van der Waals surface area (Å²) in [6.45, 7) is 2.11. The van der Waals surface area contributed by atoms with Gasteiger partial charge < -0.3 is 14.7 Å². The van der Waals surface area contributed by atoms with Gasteiger partial charge in [0.1, 0.15) is 0 Å². The van der Waals surface area contributed by atoms with Crippen molar-refractivity contribution in [2.75, 3.05) is 19.7 Å². The summed E-state index contributed by atoms with van der Waals surface area (Å²) in [6, 6.07) is 9.91. The second-order valence-electron chi connectivity index (χ2n) is 5.66. The third kappa shape index (κ3) is 5.15. The summed E-state index contributed by atoms with van der Waals surface area (Å²) in [7, 11) is 0. The average Bonchev–Trinajstić information content (AvgIpc) is 2.55. The number of ether oxygens (including phenoxy) is 1. The van der Waals surface area contributed by atoms with Crippen LogP contribution in [0.4, 0.5) is 0 Å². The minimum Gasteiger partial charge on any atom is -0.481 e. The highest BCUT2D eigenvalue weighted by atomic mass is 16.5. The molecular weight excluding hydrogens is 282 g/mol. The number of amides is 1. The summed E-state index contributed by atoms with van der Waals surface area (Å²) in [5, 5.41) is 9.03. The van der Waals surface area contributed by atoms with Crippen molar-refractivity contribution in [3.63, 3.8) is 0 Å². The van der Waals surface area contributed by atoms with E-state index in [0.717, 1.165) is 12.0 Å². The Morgan fingerprint density at radius 1 is 1.27 bits per heavy atom. The van der Waals surface area contributed by atoms with Gasteiger partial charge in [-0.1, -0.05) is 30.3 Å². The number of piperidine rings is 1. The van der Waals surface area contributed by atoms with Crippen LogP contribution in [0, 0.1) is 5.92 Å². The van der Waals surface area contributed by atoms with Gasteiger partial charge in [0, 0.05) is 26.1 Å². The van der Waals surface area contributed by atoms with Gasteiger partial charge in [-0.25, -0.2) is 0 Å².